The van der Waals surface area contributed by atoms with Crippen molar-refractivity contribution in [3.8, 4) is 11.3 Å². The van der Waals surface area contributed by atoms with Gasteiger partial charge in [-0.1, -0.05) is 124 Å². The second-order valence-corrected chi connectivity index (χ2v) is 13.9. The number of fused-ring (bicyclic) bond motifs is 5. The van der Waals surface area contributed by atoms with Gasteiger partial charge in [0.25, 0.3) is 0 Å². The van der Waals surface area contributed by atoms with Crippen molar-refractivity contribution < 1.29 is 0 Å². The average Bonchev–Trinajstić information content (AvgIpc) is 3.02. The number of pyridine rings is 2. The lowest BCUT2D eigenvalue weighted by Gasteiger charge is -2.22. The summed E-state index contributed by atoms with van der Waals surface area (Å²) in [6.07, 6.45) is 2.00. The van der Waals surface area contributed by atoms with Gasteiger partial charge >= 0.3 is 0 Å². The Morgan fingerprint density at radius 2 is 1.20 bits per heavy atom. The largest absolute Gasteiger partial charge is 0.252 e. The topological polar surface area (TPSA) is 25.8 Å². The van der Waals surface area contributed by atoms with Crippen molar-refractivity contribution in [1.29, 1.82) is 0 Å². The summed E-state index contributed by atoms with van der Waals surface area (Å²) in [6.45, 7) is 0. The molecule has 4 bridgehead atoms. The summed E-state index contributed by atoms with van der Waals surface area (Å²) >= 11 is 0. The first kappa shape index (κ1) is 23.9. The normalized spacial score (nSPS) is 15.6. The summed E-state index contributed by atoms with van der Waals surface area (Å²) in [4.78, 5) is 10.7. The SMILES string of the molecule is c1ccc(P2CCc3ccc4ccc5ccc6ccc(nc6c5c4n3)-c3ccccc3Pc3ccccc32)cc1. The minimum Gasteiger partial charge on any atom is -0.252 e. The molecule has 8 rings (SSSR count). The second-order valence-electron chi connectivity index (χ2n) is 10.3. The molecular formula is C36H26N2P2. The van der Waals surface area contributed by atoms with Crippen molar-refractivity contribution in [3.05, 3.63) is 133 Å². The Labute approximate surface area is 236 Å². The third kappa shape index (κ3) is 4.11. The molecule has 0 amide bonds. The molecule has 0 N–H and O–H groups in total. The van der Waals surface area contributed by atoms with Gasteiger partial charge in [-0.05, 0) is 59.2 Å². The summed E-state index contributed by atoms with van der Waals surface area (Å²) in [7, 11) is -0.00156. The van der Waals surface area contributed by atoms with E-state index in [2.05, 4.69) is 127 Å². The average molecular weight is 549 g/mol. The minimum absolute atomic E-state index is 0.550. The molecule has 1 aliphatic heterocycles. The maximum absolute atomic E-state index is 5.35. The highest BCUT2D eigenvalue weighted by Gasteiger charge is 2.20. The maximum atomic E-state index is 5.35. The predicted molar refractivity (Wildman–Crippen MR) is 175 cm³/mol. The molecule has 1 aliphatic rings. The van der Waals surface area contributed by atoms with E-state index in [1.807, 2.05) is 0 Å². The van der Waals surface area contributed by atoms with Gasteiger partial charge in [-0.25, -0.2) is 4.98 Å². The van der Waals surface area contributed by atoms with Crippen LogP contribution in [0.25, 0.3) is 43.8 Å². The van der Waals surface area contributed by atoms with Gasteiger partial charge in [0.15, 0.2) is 0 Å². The van der Waals surface area contributed by atoms with Gasteiger partial charge in [0.2, 0.25) is 0 Å². The van der Waals surface area contributed by atoms with Crippen LogP contribution in [-0.4, -0.2) is 16.1 Å². The van der Waals surface area contributed by atoms with Crippen LogP contribution in [0.5, 0.6) is 0 Å². The molecule has 2 unspecified atom stereocenters. The van der Waals surface area contributed by atoms with Crippen molar-refractivity contribution in [2.45, 2.75) is 6.42 Å². The molecule has 0 radical (unpaired) electrons. The number of aryl methyl sites for hydroxylation is 1. The summed E-state index contributed by atoms with van der Waals surface area (Å²) in [5, 5.41) is 10.3. The summed E-state index contributed by atoms with van der Waals surface area (Å²) in [5.41, 5.74) is 5.47. The molecule has 190 valence electrons. The van der Waals surface area contributed by atoms with Crippen molar-refractivity contribution in [1.82, 2.24) is 9.97 Å². The lowest BCUT2D eigenvalue weighted by atomic mass is 10.0. The molecule has 4 heteroatoms. The van der Waals surface area contributed by atoms with Gasteiger partial charge in [-0.15, -0.1) is 0 Å². The van der Waals surface area contributed by atoms with Gasteiger partial charge in [0.1, 0.15) is 0 Å². The zero-order valence-electron chi connectivity index (χ0n) is 21.9. The van der Waals surface area contributed by atoms with E-state index in [-0.39, 0.29) is 0 Å². The molecule has 2 atom stereocenters. The van der Waals surface area contributed by atoms with E-state index >= 15 is 0 Å². The zero-order valence-corrected chi connectivity index (χ0v) is 23.8. The monoisotopic (exact) mass is 548 g/mol. The van der Waals surface area contributed by atoms with Gasteiger partial charge in [-0.3, -0.25) is 4.98 Å². The standard InChI is InChI=1S/C36H26N2P2/c1-2-8-28(9-3-1)40-23-22-27-20-18-25-16-14-24-15-17-26-19-21-30(38-36(26)34(24)35(25)37-27)29-10-4-5-11-31(29)39-32-12-6-7-13-33(32)40/h1-21,39H,22-23H2. The van der Waals surface area contributed by atoms with E-state index in [0.717, 1.165) is 51.2 Å². The van der Waals surface area contributed by atoms with Gasteiger partial charge in [0, 0.05) is 27.4 Å². The summed E-state index contributed by atoms with van der Waals surface area (Å²) in [5.74, 6) is 0. The number of aromatic nitrogens is 2. The lowest BCUT2D eigenvalue weighted by molar-refractivity contribution is 1.07. The van der Waals surface area contributed by atoms with Gasteiger partial charge in [-0.2, -0.15) is 0 Å². The fourth-order valence-electron chi connectivity index (χ4n) is 5.90. The zero-order chi connectivity index (χ0) is 26.5. The van der Waals surface area contributed by atoms with Gasteiger partial charge < -0.3 is 0 Å². The van der Waals surface area contributed by atoms with Crippen LogP contribution in [0.4, 0.5) is 0 Å². The molecule has 3 heterocycles. The summed E-state index contributed by atoms with van der Waals surface area (Å²) < 4.78 is 0. The number of benzene rings is 5. The van der Waals surface area contributed by atoms with Crippen LogP contribution in [0.1, 0.15) is 5.69 Å². The number of nitrogens with zero attached hydrogens (tertiary/aromatic N) is 2. The molecular weight excluding hydrogens is 522 g/mol. The molecule has 0 saturated carbocycles. The summed E-state index contributed by atoms with van der Waals surface area (Å²) in [6, 6.07) is 46.7. The Morgan fingerprint density at radius 1 is 0.550 bits per heavy atom. The van der Waals surface area contributed by atoms with Gasteiger partial charge in [0.05, 0.1) is 16.7 Å². The quantitative estimate of drug-likeness (QED) is 0.160. The van der Waals surface area contributed by atoms with Crippen molar-refractivity contribution in [2.75, 3.05) is 6.16 Å². The lowest BCUT2D eigenvalue weighted by Crippen LogP contribution is -2.26. The number of rotatable bonds is 1. The highest BCUT2D eigenvalue weighted by Crippen LogP contribution is 2.37. The van der Waals surface area contributed by atoms with Crippen LogP contribution >= 0.6 is 16.5 Å². The first-order chi connectivity index (χ1) is 19.8. The first-order valence-corrected chi connectivity index (χ1v) is 16.2. The Bertz CT molecular complexity index is 2050. The molecule has 40 heavy (non-hydrogen) atoms. The maximum Gasteiger partial charge on any atom is 0.0809 e. The predicted octanol–water partition coefficient (Wildman–Crippen LogP) is 7.22. The van der Waals surface area contributed by atoms with E-state index in [4.69, 9.17) is 9.97 Å². The van der Waals surface area contributed by atoms with E-state index < -0.39 is 7.92 Å². The van der Waals surface area contributed by atoms with Crippen molar-refractivity contribution >= 4 is 70.3 Å². The molecule has 0 fully saturated rings. The van der Waals surface area contributed by atoms with Crippen LogP contribution in [-0.2, 0) is 6.42 Å². The third-order valence-corrected chi connectivity index (χ3v) is 12.1. The Hall–Kier alpha value is -3.96. The molecule has 0 saturated heterocycles. The van der Waals surface area contributed by atoms with Crippen LogP contribution in [0.2, 0.25) is 0 Å². The van der Waals surface area contributed by atoms with E-state index in [1.165, 1.54) is 32.2 Å². The van der Waals surface area contributed by atoms with E-state index in [0.29, 0.717) is 8.58 Å². The molecule has 5 aromatic carbocycles. The number of hydrogen-bond acceptors (Lipinski definition) is 2. The molecule has 0 spiro atoms. The van der Waals surface area contributed by atoms with E-state index in [1.54, 1.807) is 0 Å². The molecule has 2 aromatic heterocycles. The molecule has 7 aromatic rings. The van der Waals surface area contributed by atoms with Crippen molar-refractivity contribution in [2.24, 2.45) is 0 Å². The highest BCUT2D eigenvalue weighted by atomic mass is 31.1. The highest BCUT2D eigenvalue weighted by molar-refractivity contribution is 7.75. The Morgan fingerprint density at radius 3 is 2.05 bits per heavy atom. The van der Waals surface area contributed by atoms with Crippen molar-refractivity contribution in [3.63, 3.8) is 0 Å². The molecule has 2 nitrogen and oxygen atoms in total. The second kappa shape index (κ2) is 9.90. The molecule has 0 aliphatic carbocycles. The van der Waals surface area contributed by atoms with Crippen LogP contribution in [0, 0.1) is 0 Å². The first-order valence-electron chi connectivity index (χ1n) is 13.7. The van der Waals surface area contributed by atoms with Crippen LogP contribution in [0.15, 0.2) is 127 Å². The number of hydrogen-bond donors (Lipinski definition) is 0. The Balaban J connectivity index is 1.44. The van der Waals surface area contributed by atoms with Crippen LogP contribution in [0.3, 0.4) is 0 Å². The van der Waals surface area contributed by atoms with E-state index in [9.17, 15) is 0 Å². The fraction of sp³-hybridized carbons (Fsp3) is 0.0556. The van der Waals surface area contributed by atoms with Crippen LogP contribution < -0.4 is 21.2 Å². The fourth-order valence-corrected chi connectivity index (χ4v) is 10.1. The Kier molecular flexibility index (Phi) is 5.91. The minimum atomic E-state index is -0.552. The third-order valence-electron chi connectivity index (χ3n) is 7.88. The smallest absolute Gasteiger partial charge is 0.0809 e.